The predicted octanol–water partition coefficient (Wildman–Crippen LogP) is 3.43. The van der Waals surface area contributed by atoms with Gasteiger partial charge in [-0.05, 0) is 44.7 Å². The van der Waals surface area contributed by atoms with Crippen LogP contribution in [0.2, 0.25) is 0 Å². The highest BCUT2D eigenvalue weighted by Gasteiger charge is 2.28. The molecule has 1 aromatic carbocycles. The van der Waals surface area contributed by atoms with E-state index < -0.39 is 0 Å². The Kier molecular flexibility index (Phi) is 4.46. The molecule has 2 heterocycles. The van der Waals surface area contributed by atoms with Crippen molar-refractivity contribution < 1.29 is 4.79 Å². The van der Waals surface area contributed by atoms with Gasteiger partial charge in [0.15, 0.2) is 5.82 Å². The molecule has 2 atom stereocenters. The molecule has 1 aliphatic heterocycles. The lowest BCUT2D eigenvalue weighted by Crippen LogP contribution is -2.45. The van der Waals surface area contributed by atoms with Gasteiger partial charge in [0.1, 0.15) is 5.82 Å². The van der Waals surface area contributed by atoms with Crippen molar-refractivity contribution in [3.8, 4) is 11.4 Å². The summed E-state index contributed by atoms with van der Waals surface area (Å²) < 4.78 is 0. The van der Waals surface area contributed by atoms with E-state index in [2.05, 4.69) is 29.0 Å². The Labute approximate surface area is 137 Å². The molecule has 1 amide bonds. The fraction of sp³-hybridized carbons (Fsp3) is 0.500. The van der Waals surface area contributed by atoms with Crippen LogP contribution < -0.4 is 0 Å². The Hall–Kier alpha value is -2.17. The van der Waals surface area contributed by atoms with Crippen LogP contribution in [0.25, 0.3) is 11.4 Å². The molecule has 5 nitrogen and oxygen atoms in total. The SMILES string of the molecule is CC[C@H]1CC[C@@H](C)N(C(=O)c2cccc(-c3n[nH]c(C)n3)c2)C1. The Bertz CT molecular complexity index is 694. The zero-order valence-electron chi connectivity index (χ0n) is 14.0. The topological polar surface area (TPSA) is 61.9 Å². The Balaban J connectivity index is 1.84. The molecule has 0 aliphatic carbocycles. The van der Waals surface area contributed by atoms with Gasteiger partial charge in [-0.25, -0.2) is 4.98 Å². The van der Waals surface area contributed by atoms with Gasteiger partial charge in [0.25, 0.3) is 5.91 Å². The summed E-state index contributed by atoms with van der Waals surface area (Å²) in [4.78, 5) is 19.3. The largest absolute Gasteiger partial charge is 0.336 e. The van der Waals surface area contributed by atoms with Gasteiger partial charge < -0.3 is 4.90 Å². The number of nitrogens with one attached hydrogen (secondary N) is 1. The van der Waals surface area contributed by atoms with E-state index in [1.807, 2.05) is 36.1 Å². The van der Waals surface area contributed by atoms with Crippen LogP contribution in [-0.4, -0.2) is 38.6 Å². The molecule has 0 radical (unpaired) electrons. The van der Waals surface area contributed by atoms with E-state index in [0.717, 1.165) is 30.8 Å². The third-order valence-electron chi connectivity index (χ3n) is 4.78. The van der Waals surface area contributed by atoms with Gasteiger partial charge >= 0.3 is 0 Å². The standard InChI is InChI=1S/C18H24N4O/c1-4-14-9-8-12(2)22(11-14)18(23)16-7-5-6-15(10-16)17-19-13(3)20-21-17/h5-7,10,12,14H,4,8-9,11H2,1-3H3,(H,19,20,21)/t12-,14+/m1/s1. The van der Waals surface area contributed by atoms with E-state index in [1.54, 1.807) is 0 Å². The minimum Gasteiger partial charge on any atom is -0.336 e. The third kappa shape index (κ3) is 3.28. The van der Waals surface area contributed by atoms with Crippen molar-refractivity contribution in [2.24, 2.45) is 5.92 Å². The van der Waals surface area contributed by atoms with Crippen molar-refractivity contribution in [1.29, 1.82) is 0 Å². The Morgan fingerprint density at radius 2 is 2.22 bits per heavy atom. The van der Waals surface area contributed by atoms with Gasteiger partial charge in [-0.2, -0.15) is 5.10 Å². The molecular formula is C18H24N4O. The predicted molar refractivity (Wildman–Crippen MR) is 90.1 cm³/mol. The Morgan fingerprint density at radius 1 is 1.39 bits per heavy atom. The normalized spacial score (nSPS) is 21.4. The summed E-state index contributed by atoms with van der Waals surface area (Å²) in [6, 6.07) is 7.93. The molecule has 1 N–H and O–H groups in total. The van der Waals surface area contributed by atoms with Crippen LogP contribution in [0.3, 0.4) is 0 Å². The highest BCUT2D eigenvalue weighted by molar-refractivity contribution is 5.95. The summed E-state index contributed by atoms with van der Waals surface area (Å²) in [5.41, 5.74) is 1.59. The summed E-state index contributed by atoms with van der Waals surface area (Å²) in [5, 5.41) is 7.02. The monoisotopic (exact) mass is 312 g/mol. The second-order valence-electron chi connectivity index (χ2n) is 6.48. The summed E-state index contributed by atoms with van der Waals surface area (Å²) >= 11 is 0. The highest BCUT2D eigenvalue weighted by Crippen LogP contribution is 2.26. The van der Waals surface area contributed by atoms with Crippen LogP contribution in [0.4, 0.5) is 0 Å². The van der Waals surface area contributed by atoms with Crippen LogP contribution in [0.1, 0.15) is 49.3 Å². The first-order chi connectivity index (χ1) is 11.1. The number of aromatic nitrogens is 3. The van der Waals surface area contributed by atoms with Crippen molar-refractivity contribution in [1.82, 2.24) is 20.1 Å². The van der Waals surface area contributed by atoms with Crippen LogP contribution in [0, 0.1) is 12.8 Å². The number of aryl methyl sites for hydroxylation is 1. The lowest BCUT2D eigenvalue weighted by Gasteiger charge is -2.38. The maximum atomic E-state index is 12.9. The quantitative estimate of drug-likeness (QED) is 0.944. The number of nitrogens with zero attached hydrogens (tertiary/aromatic N) is 3. The van der Waals surface area contributed by atoms with Crippen molar-refractivity contribution in [2.75, 3.05) is 6.54 Å². The van der Waals surface area contributed by atoms with E-state index in [9.17, 15) is 4.79 Å². The first kappa shape index (κ1) is 15.7. The molecule has 1 saturated heterocycles. The highest BCUT2D eigenvalue weighted by atomic mass is 16.2. The van der Waals surface area contributed by atoms with Crippen molar-refractivity contribution in [3.63, 3.8) is 0 Å². The van der Waals surface area contributed by atoms with Crippen LogP contribution in [-0.2, 0) is 0 Å². The number of rotatable bonds is 3. The molecule has 0 saturated carbocycles. The van der Waals surface area contributed by atoms with Crippen LogP contribution in [0.5, 0.6) is 0 Å². The number of piperidine rings is 1. The molecule has 0 spiro atoms. The molecule has 0 unspecified atom stereocenters. The second-order valence-corrected chi connectivity index (χ2v) is 6.48. The van der Waals surface area contributed by atoms with E-state index in [-0.39, 0.29) is 5.91 Å². The second kappa shape index (κ2) is 6.52. The zero-order valence-corrected chi connectivity index (χ0v) is 14.0. The van der Waals surface area contributed by atoms with E-state index >= 15 is 0 Å². The van der Waals surface area contributed by atoms with Gasteiger partial charge in [0, 0.05) is 23.7 Å². The lowest BCUT2D eigenvalue weighted by atomic mass is 9.91. The maximum absolute atomic E-state index is 12.9. The summed E-state index contributed by atoms with van der Waals surface area (Å²) in [7, 11) is 0. The van der Waals surface area contributed by atoms with Gasteiger partial charge in [0.05, 0.1) is 0 Å². The molecule has 1 aliphatic rings. The fourth-order valence-corrected chi connectivity index (χ4v) is 3.23. The minimum atomic E-state index is 0.116. The average molecular weight is 312 g/mol. The molecule has 1 aromatic heterocycles. The summed E-state index contributed by atoms with van der Waals surface area (Å²) in [6.45, 7) is 7.08. The van der Waals surface area contributed by atoms with Crippen LogP contribution in [0.15, 0.2) is 24.3 Å². The molecule has 2 aromatic rings. The van der Waals surface area contributed by atoms with Crippen molar-refractivity contribution in [3.05, 3.63) is 35.7 Å². The maximum Gasteiger partial charge on any atom is 0.254 e. The minimum absolute atomic E-state index is 0.116. The Morgan fingerprint density at radius 3 is 2.91 bits per heavy atom. The lowest BCUT2D eigenvalue weighted by molar-refractivity contribution is 0.0557. The van der Waals surface area contributed by atoms with E-state index in [4.69, 9.17) is 0 Å². The number of benzene rings is 1. The van der Waals surface area contributed by atoms with Gasteiger partial charge in [-0.15, -0.1) is 0 Å². The first-order valence-electron chi connectivity index (χ1n) is 8.39. The summed E-state index contributed by atoms with van der Waals surface area (Å²) in [6.07, 6.45) is 3.44. The number of carbonyl (C=O) groups excluding carboxylic acids is 1. The number of hydrogen-bond acceptors (Lipinski definition) is 3. The zero-order chi connectivity index (χ0) is 16.4. The van der Waals surface area contributed by atoms with Gasteiger partial charge in [-0.3, -0.25) is 9.89 Å². The molecule has 23 heavy (non-hydrogen) atoms. The first-order valence-corrected chi connectivity index (χ1v) is 8.39. The third-order valence-corrected chi connectivity index (χ3v) is 4.78. The molecule has 122 valence electrons. The number of likely N-dealkylation sites (tertiary alicyclic amines) is 1. The number of aromatic amines is 1. The van der Waals surface area contributed by atoms with E-state index in [0.29, 0.717) is 23.3 Å². The molecule has 0 bridgehead atoms. The van der Waals surface area contributed by atoms with Gasteiger partial charge in [0.2, 0.25) is 0 Å². The number of hydrogen-bond donors (Lipinski definition) is 1. The van der Waals surface area contributed by atoms with Crippen molar-refractivity contribution in [2.45, 2.75) is 46.1 Å². The van der Waals surface area contributed by atoms with Crippen LogP contribution >= 0.6 is 0 Å². The molecular weight excluding hydrogens is 288 g/mol. The van der Waals surface area contributed by atoms with E-state index in [1.165, 1.54) is 6.42 Å². The smallest absolute Gasteiger partial charge is 0.254 e. The van der Waals surface area contributed by atoms with Gasteiger partial charge in [-0.1, -0.05) is 25.5 Å². The number of amides is 1. The van der Waals surface area contributed by atoms with Crippen molar-refractivity contribution >= 4 is 5.91 Å². The molecule has 3 rings (SSSR count). The fourth-order valence-electron chi connectivity index (χ4n) is 3.23. The molecule has 5 heteroatoms. The number of H-pyrrole nitrogens is 1. The molecule has 1 fully saturated rings. The average Bonchev–Trinajstić information content (AvgIpc) is 3.01. The summed E-state index contributed by atoms with van der Waals surface area (Å²) in [5.74, 6) is 2.14. The number of carbonyl (C=O) groups is 1.